The van der Waals surface area contributed by atoms with Gasteiger partial charge in [-0.05, 0) is 30.5 Å². The minimum absolute atomic E-state index is 0.0706. The van der Waals surface area contributed by atoms with Crippen molar-refractivity contribution in [3.63, 3.8) is 0 Å². The first-order valence-electron chi connectivity index (χ1n) is 7.68. The molecule has 0 atom stereocenters. The molecule has 2 rings (SSSR count). The van der Waals surface area contributed by atoms with Crippen LogP contribution in [0.25, 0.3) is 0 Å². The van der Waals surface area contributed by atoms with Gasteiger partial charge in [0.15, 0.2) is 0 Å². The predicted octanol–water partition coefficient (Wildman–Crippen LogP) is 4.61. The van der Waals surface area contributed by atoms with Crippen molar-refractivity contribution in [2.24, 2.45) is 0 Å². The van der Waals surface area contributed by atoms with Gasteiger partial charge in [0.1, 0.15) is 5.88 Å². The summed E-state index contributed by atoms with van der Waals surface area (Å²) >= 11 is 5.90. The third kappa shape index (κ3) is 3.74. The summed E-state index contributed by atoms with van der Waals surface area (Å²) in [6.07, 6.45) is 0.843. The zero-order valence-corrected chi connectivity index (χ0v) is 14.6. The second kappa shape index (κ2) is 8.14. The first-order chi connectivity index (χ1) is 11.1. The molecule has 0 aliphatic rings. The van der Waals surface area contributed by atoms with E-state index in [0.717, 1.165) is 34.5 Å². The largest absolute Gasteiger partial charge is 0.380 e. The fraction of sp³-hybridized carbons (Fsp3) is 0.316. The third-order valence-electron chi connectivity index (χ3n) is 3.82. The van der Waals surface area contributed by atoms with Crippen molar-refractivity contribution < 1.29 is 9.53 Å². The summed E-state index contributed by atoms with van der Waals surface area (Å²) in [5.41, 5.74) is 4.87. The van der Waals surface area contributed by atoms with Gasteiger partial charge in [0.2, 0.25) is 5.91 Å². The molecule has 0 aromatic heterocycles. The van der Waals surface area contributed by atoms with Crippen LogP contribution in [0.4, 0.5) is 11.4 Å². The van der Waals surface area contributed by atoms with E-state index >= 15 is 0 Å². The van der Waals surface area contributed by atoms with Gasteiger partial charge in [-0.2, -0.15) is 0 Å². The number of amides is 1. The van der Waals surface area contributed by atoms with Gasteiger partial charge in [-0.25, -0.2) is 0 Å². The van der Waals surface area contributed by atoms with Gasteiger partial charge in [-0.3, -0.25) is 9.69 Å². The van der Waals surface area contributed by atoms with Crippen molar-refractivity contribution >= 4 is 28.9 Å². The Morgan fingerprint density at radius 3 is 2.48 bits per heavy atom. The van der Waals surface area contributed by atoms with Crippen molar-refractivity contribution in [1.82, 2.24) is 0 Å². The number of carbonyl (C=O) groups is 1. The average molecular weight is 332 g/mol. The van der Waals surface area contributed by atoms with Crippen molar-refractivity contribution in [1.29, 1.82) is 0 Å². The molecule has 0 spiro atoms. The summed E-state index contributed by atoms with van der Waals surface area (Å²) in [5, 5.41) is 0. The monoisotopic (exact) mass is 331 g/mol. The normalized spacial score (nSPS) is 10.6. The summed E-state index contributed by atoms with van der Waals surface area (Å²) in [7, 11) is 1.65. The number of alkyl halides is 1. The minimum Gasteiger partial charge on any atom is -0.380 e. The lowest BCUT2D eigenvalue weighted by molar-refractivity contribution is -0.115. The van der Waals surface area contributed by atoms with Crippen LogP contribution < -0.4 is 4.90 Å². The molecule has 0 saturated carbocycles. The van der Waals surface area contributed by atoms with E-state index in [4.69, 9.17) is 16.3 Å². The lowest BCUT2D eigenvalue weighted by Crippen LogP contribution is -2.29. The molecule has 2 aromatic carbocycles. The van der Waals surface area contributed by atoms with Crippen molar-refractivity contribution in [2.75, 3.05) is 17.9 Å². The van der Waals surface area contributed by atoms with E-state index in [-0.39, 0.29) is 11.8 Å². The number of benzene rings is 2. The topological polar surface area (TPSA) is 29.5 Å². The van der Waals surface area contributed by atoms with E-state index in [1.165, 1.54) is 0 Å². The van der Waals surface area contributed by atoms with Gasteiger partial charge in [-0.1, -0.05) is 43.3 Å². The number of para-hydroxylation sites is 2. The Morgan fingerprint density at radius 1 is 1.13 bits per heavy atom. The highest BCUT2D eigenvalue weighted by molar-refractivity contribution is 6.30. The first-order valence-corrected chi connectivity index (χ1v) is 8.21. The smallest absolute Gasteiger partial charge is 0.246 e. The molecule has 0 fully saturated rings. The third-order valence-corrected chi connectivity index (χ3v) is 4.05. The molecule has 23 heavy (non-hydrogen) atoms. The number of aryl methyl sites for hydroxylation is 2. The highest BCUT2D eigenvalue weighted by Gasteiger charge is 2.23. The summed E-state index contributed by atoms with van der Waals surface area (Å²) < 4.78 is 5.28. The average Bonchev–Trinajstić information content (AvgIpc) is 2.57. The van der Waals surface area contributed by atoms with E-state index in [0.29, 0.717) is 6.61 Å². The molecule has 0 aliphatic heterocycles. The molecular weight excluding hydrogens is 310 g/mol. The molecule has 4 heteroatoms. The van der Waals surface area contributed by atoms with Gasteiger partial charge in [0.25, 0.3) is 0 Å². The van der Waals surface area contributed by atoms with Gasteiger partial charge in [0, 0.05) is 12.7 Å². The Balaban J connectivity index is 2.67. The molecule has 0 saturated heterocycles. The van der Waals surface area contributed by atoms with Crippen LogP contribution in [0.15, 0.2) is 42.5 Å². The van der Waals surface area contributed by atoms with E-state index < -0.39 is 0 Å². The number of ether oxygens (including phenoxy) is 1. The Labute approximate surface area is 142 Å². The van der Waals surface area contributed by atoms with Crippen molar-refractivity contribution in [2.45, 2.75) is 26.9 Å². The second-order valence-corrected chi connectivity index (χ2v) is 5.63. The number of hydrogen-bond acceptors (Lipinski definition) is 2. The molecule has 0 unspecified atom stereocenters. The number of rotatable bonds is 6. The van der Waals surface area contributed by atoms with Crippen LogP contribution in [-0.4, -0.2) is 18.9 Å². The van der Waals surface area contributed by atoms with E-state index in [2.05, 4.69) is 13.0 Å². The standard InChI is InChI=1S/C19H22ClNO2/c1-4-15-10-7-8-14(2)19(15)21(18(22)12-20)17-11-6-5-9-16(17)13-23-3/h5-11H,4,12-13H2,1-3H3. The number of carbonyl (C=O) groups excluding carboxylic acids is 1. The molecule has 1 amide bonds. The molecule has 2 aromatic rings. The summed E-state index contributed by atoms with van der Waals surface area (Å²) in [5.74, 6) is -0.210. The number of anilines is 2. The Hall–Kier alpha value is -1.84. The molecular formula is C19H22ClNO2. The van der Waals surface area contributed by atoms with Crippen LogP contribution in [0, 0.1) is 6.92 Å². The van der Waals surface area contributed by atoms with Gasteiger partial charge in [0.05, 0.1) is 18.0 Å². The van der Waals surface area contributed by atoms with Crippen LogP contribution >= 0.6 is 11.6 Å². The molecule has 0 N–H and O–H groups in total. The zero-order valence-electron chi connectivity index (χ0n) is 13.8. The molecule has 0 aliphatic carbocycles. The van der Waals surface area contributed by atoms with Crippen LogP contribution in [0.3, 0.4) is 0 Å². The van der Waals surface area contributed by atoms with Crippen molar-refractivity contribution in [3.05, 3.63) is 59.2 Å². The fourth-order valence-corrected chi connectivity index (χ4v) is 2.89. The first kappa shape index (κ1) is 17.5. The van der Waals surface area contributed by atoms with Crippen LogP contribution in [-0.2, 0) is 22.6 Å². The maximum absolute atomic E-state index is 12.6. The molecule has 122 valence electrons. The van der Waals surface area contributed by atoms with Crippen LogP contribution in [0.1, 0.15) is 23.6 Å². The minimum atomic E-state index is -0.140. The fourth-order valence-electron chi connectivity index (χ4n) is 2.77. The lowest BCUT2D eigenvalue weighted by atomic mass is 10.0. The quantitative estimate of drug-likeness (QED) is 0.723. The predicted molar refractivity (Wildman–Crippen MR) is 95.6 cm³/mol. The number of nitrogens with zero attached hydrogens (tertiary/aromatic N) is 1. The van der Waals surface area contributed by atoms with E-state index in [9.17, 15) is 4.79 Å². The van der Waals surface area contributed by atoms with Gasteiger partial charge >= 0.3 is 0 Å². The Bertz CT molecular complexity index is 685. The van der Waals surface area contributed by atoms with E-state index in [1.807, 2.05) is 43.3 Å². The summed E-state index contributed by atoms with van der Waals surface area (Å²) in [6.45, 7) is 4.54. The Kier molecular flexibility index (Phi) is 6.20. The van der Waals surface area contributed by atoms with Gasteiger partial charge < -0.3 is 4.74 Å². The highest BCUT2D eigenvalue weighted by Crippen LogP contribution is 2.34. The highest BCUT2D eigenvalue weighted by atomic mass is 35.5. The van der Waals surface area contributed by atoms with Crippen molar-refractivity contribution in [3.8, 4) is 0 Å². The zero-order chi connectivity index (χ0) is 16.8. The molecule has 0 heterocycles. The molecule has 0 radical (unpaired) electrons. The maximum Gasteiger partial charge on any atom is 0.246 e. The molecule has 0 bridgehead atoms. The van der Waals surface area contributed by atoms with Crippen LogP contribution in [0.2, 0.25) is 0 Å². The summed E-state index contributed by atoms with van der Waals surface area (Å²) in [4.78, 5) is 14.4. The van der Waals surface area contributed by atoms with E-state index in [1.54, 1.807) is 12.0 Å². The SMILES string of the molecule is CCc1cccc(C)c1N(C(=O)CCl)c1ccccc1COC. The molecule has 3 nitrogen and oxygen atoms in total. The Morgan fingerprint density at radius 2 is 1.83 bits per heavy atom. The summed E-state index contributed by atoms with van der Waals surface area (Å²) in [6, 6.07) is 13.9. The van der Waals surface area contributed by atoms with Gasteiger partial charge in [-0.15, -0.1) is 11.6 Å². The number of halogens is 1. The second-order valence-electron chi connectivity index (χ2n) is 5.36. The number of methoxy groups -OCH3 is 1. The van der Waals surface area contributed by atoms with Crippen LogP contribution in [0.5, 0.6) is 0 Å². The number of hydrogen-bond donors (Lipinski definition) is 0. The lowest BCUT2D eigenvalue weighted by Gasteiger charge is -2.28. The maximum atomic E-state index is 12.6.